The number of piperidine rings is 1. The molecule has 1 atom stereocenters. The van der Waals surface area contributed by atoms with Crippen molar-refractivity contribution in [1.82, 2.24) is 15.1 Å². The van der Waals surface area contributed by atoms with E-state index in [2.05, 4.69) is 5.32 Å². The third-order valence-corrected chi connectivity index (χ3v) is 4.70. The topological polar surface area (TPSA) is 79.0 Å². The molecule has 0 bridgehead atoms. The van der Waals surface area contributed by atoms with Gasteiger partial charge >= 0.3 is 6.03 Å². The van der Waals surface area contributed by atoms with Crippen LogP contribution in [0.4, 0.5) is 4.79 Å². The van der Waals surface area contributed by atoms with Gasteiger partial charge in [-0.15, -0.1) is 0 Å². The molecule has 1 N–H and O–H groups in total. The van der Waals surface area contributed by atoms with Crippen molar-refractivity contribution in [3.8, 4) is 5.75 Å². The molecule has 128 valence electrons. The minimum atomic E-state index is -0.855. The fourth-order valence-corrected chi connectivity index (χ4v) is 3.21. The quantitative estimate of drug-likeness (QED) is 0.838. The summed E-state index contributed by atoms with van der Waals surface area (Å²) in [5, 5.41) is 2.77. The van der Waals surface area contributed by atoms with Crippen LogP contribution in [0.15, 0.2) is 30.3 Å². The third-order valence-electron chi connectivity index (χ3n) is 4.70. The van der Waals surface area contributed by atoms with Gasteiger partial charge in [0.1, 0.15) is 11.3 Å². The largest absolute Gasteiger partial charge is 0.481 e. The van der Waals surface area contributed by atoms with Crippen LogP contribution in [0.25, 0.3) is 0 Å². The molecule has 0 aliphatic carbocycles. The monoisotopic (exact) mass is 331 g/mol. The van der Waals surface area contributed by atoms with Crippen LogP contribution in [0.1, 0.15) is 19.8 Å². The molecule has 2 aliphatic rings. The van der Waals surface area contributed by atoms with Crippen molar-refractivity contribution in [2.75, 3.05) is 20.1 Å². The first-order valence-electron chi connectivity index (χ1n) is 8.04. The first-order valence-corrected chi connectivity index (χ1v) is 8.04. The fraction of sp³-hybridized carbons (Fsp3) is 0.471. The van der Waals surface area contributed by atoms with E-state index in [-0.39, 0.29) is 17.8 Å². The Bertz CT molecular complexity index is 653. The molecule has 7 heteroatoms. The zero-order chi connectivity index (χ0) is 17.3. The minimum absolute atomic E-state index is 0.112. The van der Waals surface area contributed by atoms with Gasteiger partial charge in [-0.1, -0.05) is 18.2 Å². The number of carbonyl (C=O) groups is 3. The molecule has 3 rings (SSSR count). The zero-order valence-electron chi connectivity index (χ0n) is 13.8. The minimum Gasteiger partial charge on any atom is -0.481 e. The zero-order valence-corrected chi connectivity index (χ0v) is 13.8. The number of ether oxygens (including phenoxy) is 1. The van der Waals surface area contributed by atoms with Gasteiger partial charge in [0.15, 0.2) is 6.10 Å². The second kappa shape index (κ2) is 6.14. The van der Waals surface area contributed by atoms with Crippen molar-refractivity contribution in [1.29, 1.82) is 0 Å². The van der Waals surface area contributed by atoms with E-state index in [4.69, 9.17) is 4.74 Å². The molecule has 0 saturated carbocycles. The molecule has 0 radical (unpaired) electrons. The summed E-state index contributed by atoms with van der Waals surface area (Å²) in [5.74, 6) is 0.318. The van der Waals surface area contributed by atoms with E-state index in [1.54, 1.807) is 24.0 Å². The average Bonchev–Trinajstić information content (AvgIpc) is 2.80. The summed E-state index contributed by atoms with van der Waals surface area (Å²) in [6, 6.07) is 8.81. The van der Waals surface area contributed by atoms with Gasteiger partial charge < -0.3 is 15.0 Å². The number of likely N-dealkylation sites (tertiary alicyclic amines) is 1. The van der Waals surface area contributed by atoms with Crippen molar-refractivity contribution < 1.29 is 19.1 Å². The molecule has 1 aromatic carbocycles. The molecule has 7 nitrogen and oxygen atoms in total. The van der Waals surface area contributed by atoms with Crippen molar-refractivity contribution in [2.24, 2.45) is 0 Å². The normalized spacial score (nSPS) is 20.9. The van der Waals surface area contributed by atoms with Crippen LogP contribution in [-0.2, 0) is 9.59 Å². The molecule has 0 unspecified atom stereocenters. The maximum absolute atomic E-state index is 12.5. The number of imide groups is 1. The van der Waals surface area contributed by atoms with Gasteiger partial charge in [0, 0.05) is 20.1 Å². The summed E-state index contributed by atoms with van der Waals surface area (Å²) < 4.78 is 5.67. The number of nitrogens with zero attached hydrogens (tertiary/aromatic N) is 2. The molecule has 0 aromatic heterocycles. The highest BCUT2D eigenvalue weighted by Gasteiger charge is 2.51. The molecule has 1 spiro atoms. The number of nitrogens with one attached hydrogen (secondary N) is 1. The lowest BCUT2D eigenvalue weighted by Crippen LogP contribution is -2.57. The van der Waals surface area contributed by atoms with Gasteiger partial charge in [-0.3, -0.25) is 14.5 Å². The van der Waals surface area contributed by atoms with Crippen LogP contribution in [0.5, 0.6) is 5.75 Å². The van der Waals surface area contributed by atoms with Gasteiger partial charge in [-0.2, -0.15) is 0 Å². The SMILES string of the molecule is C[C@@H](Oc1ccccc1)C(=O)N1CCC2(CC1)NC(=O)N(C)C2=O. The standard InChI is InChI=1S/C17H21N3O4/c1-12(24-13-6-4-3-5-7-13)14(21)20-10-8-17(9-11-20)15(22)19(2)16(23)18-17/h3-7,12H,8-11H2,1-2H3,(H,18,23)/t12-/m1/s1. The molecule has 1 aromatic rings. The van der Waals surface area contributed by atoms with E-state index in [0.29, 0.717) is 31.7 Å². The van der Waals surface area contributed by atoms with Crippen LogP contribution in [0.3, 0.4) is 0 Å². The summed E-state index contributed by atoms with van der Waals surface area (Å²) in [7, 11) is 1.47. The number of para-hydroxylation sites is 1. The number of carbonyl (C=O) groups excluding carboxylic acids is 3. The lowest BCUT2D eigenvalue weighted by atomic mass is 9.87. The first kappa shape index (κ1) is 16.3. The smallest absolute Gasteiger partial charge is 0.324 e. The number of amides is 4. The van der Waals surface area contributed by atoms with Gasteiger partial charge in [0.2, 0.25) is 0 Å². The van der Waals surface area contributed by atoms with Crippen LogP contribution in [0, 0.1) is 0 Å². The van der Waals surface area contributed by atoms with Gasteiger partial charge in [-0.25, -0.2) is 4.79 Å². The molecule has 2 saturated heterocycles. The Kier molecular flexibility index (Phi) is 4.17. The predicted molar refractivity (Wildman–Crippen MR) is 86.4 cm³/mol. The fourth-order valence-electron chi connectivity index (χ4n) is 3.21. The van der Waals surface area contributed by atoms with E-state index in [1.165, 1.54) is 7.05 Å². The molecule has 24 heavy (non-hydrogen) atoms. The molecule has 2 aliphatic heterocycles. The van der Waals surface area contributed by atoms with E-state index in [9.17, 15) is 14.4 Å². The van der Waals surface area contributed by atoms with E-state index < -0.39 is 11.6 Å². The number of likely N-dealkylation sites (N-methyl/N-ethyl adjacent to an activating group) is 1. The van der Waals surface area contributed by atoms with Crippen molar-refractivity contribution >= 4 is 17.8 Å². The third kappa shape index (κ3) is 2.81. The lowest BCUT2D eigenvalue weighted by Gasteiger charge is -2.38. The van der Waals surface area contributed by atoms with Gasteiger partial charge in [0.25, 0.3) is 11.8 Å². The van der Waals surface area contributed by atoms with E-state index >= 15 is 0 Å². The highest BCUT2D eigenvalue weighted by molar-refractivity contribution is 6.06. The Morgan fingerprint density at radius 2 is 1.83 bits per heavy atom. The number of rotatable bonds is 3. The highest BCUT2D eigenvalue weighted by Crippen LogP contribution is 2.29. The molecular weight excluding hydrogens is 310 g/mol. The summed E-state index contributed by atoms with van der Waals surface area (Å²) in [6.07, 6.45) is 0.246. The lowest BCUT2D eigenvalue weighted by molar-refractivity contribution is -0.142. The van der Waals surface area contributed by atoms with Crippen molar-refractivity contribution in [2.45, 2.75) is 31.4 Å². The number of hydrogen-bond acceptors (Lipinski definition) is 4. The Morgan fingerprint density at radius 3 is 2.38 bits per heavy atom. The average molecular weight is 331 g/mol. The Hall–Kier alpha value is -2.57. The Labute approximate surface area is 140 Å². The predicted octanol–water partition coefficient (Wildman–Crippen LogP) is 0.997. The van der Waals surface area contributed by atoms with Crippen LogP contribution in [-0.4, -0.2) is 59.4 Å². The highest BCUT2D eigenvalue weighted by atomic mass is 16.5. The van der Waals surface area contributed by atoms with Crippen LogP contribution >= 0.6 is 0 Å². The summed E-state index contributed by atoms with van der Waals surface area (Å²) in [6.45, 7) is 2.55. The molecular formula is C17H21N3O4. The van der Waals surface area contributed by atoms with Crippen LogP contribution in [0.2, 0.25) is 0 Å². The Morgan fingerprint density at radius 1 is 1.21 bits per heavy atom. The van der Waals surface area contributed by atoms with Crippen molar-refractivity contribution in [3.63, 3.8) is 0 Å². The molecule has 2 fully saturated rings. The number of benzene rings is 1. The van der Waals surface area contributed by atoms with Crippen molar-refractivity contribution in [3.05, 3.63) is 30.3 Å². The first-order chi connectivity index (χ1) is 11.4. The maximum atomic E-state index is 12.5. The summed E-state index contributed by atoms with van der Waals surface area (Å²) in [5.41, 5.74) is -0.855. The maximum Gasteiger partial charge on any atom is 0.324 e. The summed E-state index contributed by atoms with van der Waals surface area (Å²) in [4.78, 5) is 39.3. The second-order valence-electron chi connectivity index (χ2n) is 6.27. The molecule has 4 amide bonds. The van der Waals surface area contributed by atoms with Crippen LogP contribution < -0.4 is 10.1 Å². The second-order valence-corrected chi connectivity index (χ2v) is 6.27. The molecule has 2 heterocycles. The Balaban J connectivity index is 1.59. The number of hydrogen-bond donors (Lipinski definition) is 1. The van der Waals surface area contributed by atoms with Gasteiger partial charge in [0.05, 0.1) is 0 Å². The van der Waals surface area contributed by atoms with E-state index in [0.717, 1.165) is 4.90 Å². The summed E-state index contributed by atoms with van der Waals surface area (Å²) >= 11 is 0. The number of urea groups is 1. The van der Waals surface area contributed by atoms with E-state index in [1.807, 2.05) is 18.2 Å². The van der Waals surface area contributed by atoms with Gasteiger partial charge in [-0.05, 0) is 31.9 Å².